The fourth-order valence-corrected chi connectivity index (χ4v) is 2.62. The first kappa shape index (κ1) is 18.5. The van der Waals surface area contributed by atoms with Crippen molar-refractivity contribution in [3.63, 3.8) is 0 Å². The zero-order valence-corrected chi connectivity index (χ0v) is 15.2. The standard InChI is InChI=1S/C20H19Cl2NO/c1-14(13-23(2)3)20(24)17(16-7-5-4-6-8-16)11-15-9-10-18(21)19(22)12-15/h4-12H,1,13H2,2-3H3/b17-11+. The lowest BCUT2D eigenvalue weighted by Crippen LogP contribution is -2.19. The molecule has 0 aliphatic rings. The molecule has 2 aromatic rings. The Balaban J connectivity index is 2.47. The van der Waals surface area contributed by atoms with Crippen LogP contribution in [0.25, 0.3) is 11.6 Å². The molecule has 0 saturated carbocycles. The molecule has 4 heteroatoms. The van der Waals surface area contributed by atoms with E-state index in [4.69, 9.17) is 23.2 Å². The minimum absolute atomic E-state index is 0.0824. The van der Waals surface area contributed by atoms with Gasteiger partial charge >= 0.3 is 0 Å². The molecular formula is C20H19Cl2NO. The summed E-state index contributed by atoms with van der Waals surface area (Å²) in [6.45, 7) is 4.44. The van der Waals surface area contributed by atoms with Crippen molar-refractivity contribution in [1.29, 1.82) is 0 Å². The van der Waals surface area contributed by atoms with Crippen LogP contribution in [0.3, 0.4) is 0 Å². The molecular weight excluding hydrogens is 341 g/mol. The number of benzene rings is 2. The van der Waals surface area contributed by atoms with E-state index in [-0.39, 0.29) is 5.78 Å². The molecule has 0 atom stereocenters. The molecule has 0 aliphatic heterocycles. The van der Waals surface area contributed by atoms with E-state index < -0.39 is 0 Å². The van der Waals surface area contributed by atoms with Crippen LogP contribution in [-0.2, 0) is 4.79 Å². The Kier molecular flexibility index (Phi) is 6.38. The second-order valence-electron chi connectivity index (χ2n) is 5.77. The molecule has 2 rings (SSSR count). The van der Waals surface area contributed by atoms with Gasteiger partial charge in [0.15, 0.2) is 5.78 Å². The summed E-state index contributed by atoms with van der Waals surface area (Å²) in [4.78, 5) is 14.8. The second kappa shape index (κ2) is 8.29. The third kappa shape index (κ3) is 4.81. The maximum absolute atomic E-state index is 12.9. The molecule has 124 valence electrons. The Morgan fingerprint density at radius 3 is 2.33 bits per heavy atom. The van der Waals surface area contributed by atoms with E-state index in [9.17, 15) is 4.79 Å². The van der Waals surface area contributed by atoms with Gasteiger partial charge in [0, 0.05) is 17.7 Å². The van der Waals surface area contributed by atoms with E-state index in [1.165, 1.54) is 0 Å². The third-order valence-corrected chi connectivity index (χ3v) is 4.15. The Hall–Kier alpha value is -1.87. The lowest BCUT2D eigenvalue weighted by atomic mass is 9.95. The van der Waals surface area contributed by atoms with Crippen molar-refractivity contribution in [2.24, 2.45) is 0 Å². The van der Waals surface area contributed by atoms with Crippen molar-refractivity contribution in [2.45, 2.75) is 0 Å². The molecule has 24 heavy (non-hydrogen) atoms. The monoisotopic (exact) mass is 359 g/mol. The number of rotatable bonds is 6. The minimum atomic E-state index is -0.0824. The SMILES string of the molecule is C=C(CN(C)C)C(=O)/C(=C/c1ccc(Cl)c(Cl)c1)c1ccccc1. The predicted octanol–water partition coefficient (Wildman–Crippen LogP) is 5.22. The van der Waals surface area contributed by atoms with Crippen molar-refractivity contribution in [1.82, 2.24) is 4.90 Å². The van der Waals surface area contributed by atoms with Gasteiger partial charge in [-0.15, -0.1) is 0 Å². The second-order valence-corrected chi connectivity index (χ2v) is 6.58. The molecule has 0 radical (unpaired) electrons. The van der Waals surface area contributed by atoms with Crippen molar-refractivity contribution in [3.8, 4) is 0 Å². The lowest BCUT2D eigenvalue weighted by molar-refractivity contribution is -0.110. The highest BCUT2D eigenvalue weighted by Crippen LogP contribution is 2.27. The Morgan fingerprint density at radius 2 is 1.75 bits per heavy atom. The fraction of sp³-hybridized carbons (Fsp3) is 0.150. The van der Waals surface area contributed by atoms with Crippen LogP contribution in [0.1, 0.15) is 11.1 Å². The molecule has 0 amide bonds. The van der Waals surface area contributed by atoms with Gasteiger partial charge in [0.2, 0.25) is 0 Å². The van der Waals surface area contributed by atoms with Crippen molar-refractivity contribution in [3.05, 3.63) is 81.9 Å². The van der Waals surface area contributed by atoms with Crippen LogP contribution in [0.15, 0.2) is 60.7 Å². The van der Waals surface area contributed by atoms with Crippen LogP contribution in [0.5, 0.6) is 0 Å². The van der Waals surface area contributed by atoms with Crippen LogP contribution in [0.4, 0.5) is 0 Å². The van der Waals surface area contributed by atoms with Crippen molar-refractivity contribution in [2.75, 3.05) is 20.6 Å². The zero-order valence-electron chi connectivity index (χ0n) is 13.7. The summed E-state index contributed by atoms with van der Waals surface area (Å²) < 4.78 is 0. The largest absolute Gasteiger partial charge is 0.305 e. The lowest BCUT2D eigenvalue weighted by Gasteiger charge is -2.14. The smallest absolute Gasteiger partial charge is 0.190 e. The first-order valence-electron chi connectivity index (χ1n) is 7.48. The molecule has 0 heterocycles. The van der Waals surface area contributed by atoms with Crippen LogP contribution in [-0.4, -0.2) is 31.3 Å². The van der Waals surface area contributed by atoms with E-state index in [0.717, 1.165) is 11.1 Å². The van der Waals surface area contributed by atoms with Crippen LogP contribution in [0, 0.1) is 0 Å². The molecule has 0 aromatic heterocycles. The summed E-state index contributed by atoms with van der Waals surface area (Å²) in [5, 5.41) is 0.941. The van der Waals surface area contributed by atoms with Gasteiger partial charge in [0.05, 0.1) is 10.0 Å². The van der Waals surface area contributed by atoms with Gasteiger partial charge in [0.25, 0.3) is 0 Å². The van der Waals surface area contributed by atoms with E-state index >= 15 is 0 Å². The highest BCUT2D eigenvalue weighted by atomic mass is 35.5. The number of carbonyl (C=O) groups is 1. The normalized spacial score (nSPS) is 11.6. The van der Waals surface area contributed by atoms with Gasteiger partial charge in [-0.05, 0) is 43.4 Å². The highest BCUT2D eigenvalue weighted by Gasteiger charge is 2.16. The van der Waals surface area contributed by atoms with Gasteiger partial charge < -0.3 is 4.90 Å². The first-order valence-corrected chi connectivity index (χ1v) is 8.23. The third-order valence-electron chi connectivity index (χ3n) is 3.41. The molecule has 0 bridgehead atoms. The van der Waals surface area contributed by atoms with Crippen LogP contribution >= 0.6 is 23.2 Å². The van der Waals surface area contributed by atoms with E-state index in [2.05, 4.69) is 6.58 Å². The molecule has 0 unspecified atom stereocenters. The topological polar surface area (TPSA) is 20.3 Å². The predicted molar refractivity (Wildman–Crippen MR) is 103 cm³/mol. The zero-order chi connectivity index (χ0) is 17.7. The number of allylic oxidation sites excluding steroid dienone is 1. The number of hydrogen-bond acceptors (Lipinski definition) is 2. The van der Waals surface area contributed by atoms with Crippen LogP contribution in [0.2, 0.25) is 10.0 Å². The molecule has 2 aromatic carbocycles. The minimum Gasteiger partial charge on any atom is -0.305 e. The maximum atomic E-state index is 12.9. The Labute approximate surface area is 153 Å². The van der Waals surface area contributed by atoms with E-state index in [1.54, 1.807) is 12.1 Å². The number of halogens is 2. The quantitative estimate of drug-likeness (QED) is 0.520. The Morgan fingerprint density at radius 1 is 1.08 bits per heavy atom. The van der Waals surface area contributed by atoms with Gasteiger partial charge in [-0.1, -0.05) is 66.2 Å². The number of ketones is 1. The number of hydrogen-bond donors (Lipinski definition) is 0. The van der Waals surface area contributed by atoms with Gasteiger partial charge in [0.1, 0.15) is 0 Å². The molecule has 0 fully saturated rings. The summed E-state index contributed by atoms with van der Waals surface area (Å²) >= 11 is 12.0. The summed E-state index contributed by atoms with van der Waals surface area (Å²) in [7, 11) is 3.81. The Bertz CT molecular complexity index is 779. The number of carbonyl (C=O) groups excluding carboxylic acids is 1. The highest BCUT2D eigenvalue weighted by molar-refractivity contribution is 6.42. The van der Waals surface area contributed by atoms with Crippen molar-refractivity contribution >= 4 is 40.6 Å². The average Bonchev–Trinajstić information content (AvgIpc) is 2.55. The molecule has 2 nitrogen and oxygen atoms in total. The fourth-order valence-electron chi connectivity index (χ4n) is 2.31. The van der Waals surface area contributed by atoms with Crippen molar-refractivity contribution < 1.29 is 4.79 Å². The molecule has 0 N–H and O–H groups in total. The van der Waals surface area contributed by atoms with E-state index in [0.29, 0.717) is 27.7 Å². The summed E-state index contributed by atoms with van der Waals surface area (Å²) in [6.07, 6.45) is 1.82. The van der Waals surface area contributed by atoms with Gasteiger partial charge in [-0.3, -0.25) is 4.79 Å². The van der Waals surface area contributed by atoms with Crippen LogP contribution < -0.4 is 0 Å². The number of nitrogens with zero attached hydrogens (tertiary/aromatic N) is 1. The number of Topliss-reactive ketones (excluding diaryl/α,β-unsaturated/α-hetero) is 1. The average molecular weight is 360 g/mol. The summed E-state index contributed by atoms with van der Waals surface area (Å²) in [5.74, 6) is -0.0824. The van der Waals surface area contributed by atoms with Gasteiger partial charge in [-0.25, -0.2) is 0 Å². The first-order chi connectivity index (χ1) is 11.4. The summed E-state index contributed by atoms with van der Waals surface area (Å²) in [6, 6.07) is 14.8. The molecule has 0 aliphatic carbocycles. The molecule has 0 spiro atoms. The maximum Gasteiger partial charge on any atom is 0.190 e. The van der Waals surface area contributed by atoms with E-state index in [1.807, 2.05) is 61.5 Å². The number of likely N-dealkylation sites (N-methyl/N-ethyl adjacent to an activating group) is 1. The molecule has 0 saturated heterocycles. The summed E-state index contributed by atoms with van der Waals surface area (Å²) in [5.41, 5.74) is 2.78. The van der Waals surface area contributed by atoms with Gasteiger partial charge in [-0.2, -0.15) is 0 Å².